The molecule has 1 aliphatic rings. The summed E-state index contributed by atoms with van der Waals surface area (Å²) < 4.78 is 0. The van der Waals surface area contributed by atoms with Gasteiger partial charge < -0.3 is 9.88 Å². The molecule has 0 fully saturated rings. The average Bonchev–Trinajstić information content (AvgIpc) is 3.07. The molecule has 0 bridgehead atoms. The van der Waals surface area contributed by atoms with Gasteiger partial charge in [-0.2, -0.15) is 5.10 Å². The van der Waals surface area contributed by atoms with Crippen LogP contribution in [-0.2, 0) is 11.2 Å². The van der Waals surface area contributed by atoms with Crippen molar-refractivity contribution in [1.82, 2.24) is 25.3 Å². The van der Waals surface area contributed by atoms with Crippen LogP contribution in [0.25, 0.3) is 6.08 Å². The Morgan fingerprint density at radius 1 is 1.24 bits per heavy atom. The van der Waals surface area contributed by atoms with Crippen LogP contribution in [0.4, 0.5) is 0 Å². The molecule has 2 N–H and O–H groups in total. The van der Waals surface area contributed by atoms with Gasteiger partial charge in [-0.05, 0) is 51.6 Å². The molecular weight excluding hydrogens is 316 g/mol. The third kappa shape index (κ3) is 3.51. The Kier molecular flexibility index (Phi) is 4.76. The van der Waals surface area contributed by atoms with Crippen LogP contribution in [0.1, 0.15) is 28.2 Å². The molecule has 0 saturated heterocycles. The maximum Gasteiger partial charge on any atom is 0.273 e. The largest absolute Gasteiger partial charge is 0.359 e. The molecule has 2 aromatic rings. The van der Waals surface area contributed by atoms with E-state index >= 15 is 0 Å². The van der Waals surface area contributed by atoms with Crippen LogP contribution in [0.2, 0.25) is 0 Å². The van der Waals surface area contributed by atoms with Gasteiger partial charge >= 0.3 is 0 Å². The first kappa shape index (κ1) is 17.0. The number of hydrogen-bond acceptors (Lipinski definition) is 5. The smallest absolute Gasteiger partial charge is 0.273 e. The van der Waals surface area contributed by atoms with Crippen molar-refractivity contribution >= 4 is 17.7 Å². The zero-order valence-corrected chi connectivity index (χ0v) is 14.9. The topological polar surface area (TPSA) is 86.3 Å². The van der Waals surface area contributed by atoms with Crippen molar-refractivity contribution in [2.75, 3.05) is 20.6 Å². The number of nitrogens with zero attached hydrogens (tertiary/aromatic N) is 4. The number of aryl methyl sites for hydroxylation is 1. The lowest BCUT2D eigenvalue weighted by Crippen LogP contribution is -2.15. The summed E-state index contributed by atoms with van der Waals surface area (Å²) >= 11 is 0. The molecule has 1 amide bonds. The van der Waals surface area contributed by atoms with Crippen molar-refractivity contribution in [1.29, 1.82) is 0 Å². The molecule has 1 aliphatic heterocycles. The van der Waals surface area contributed by atoms with Gasteiger partial charge in [-0.25, -0.2) is 5.43 Å². The molecule has 0 radical (unpaired) electrons. The number of H-pyrrole nitrogens is 1. The minimum atomic E-state index is -0.234. The molecule has 0 saturated carbocycles. The second-order valence-electron chi connectivity index (χ2n) is 6.37. The lowest BCUT2D eigenvalue weighted by atomic mass is 10.0. The van der Waals surface area contributed by atoms with E-state index in [1.165, 1.54) is 5.56 Å². The summed E-state index contributed by atoms with van der Waals surface area (Å²) in [5, 5.41) is 4.11. The Bertz CT molecular complexity index is 848. The highest BCUT2D eigenvalue weighted by molar-refractivity contribution is 6.32. The number of rotatable bonds is 5. The number of likely N-dealkylation sites (N-methyl/N-ethyl adjacent to an activating group) is 1. The summed E-state index contributed by atoms with van der Waals surface area (Å²) in [5.41, 5.74) is 8.58. The van der Waals surface area contributed by atoms with Crippen LogP contribution in [0.15, 0.2) is 29.3 Å². The van der Waals surface area contributed by atoms with Gasteiger partial charge in [0.15, 0.2) is 0 Å². The molecule has 0 aliphatic carbocycles. The second-order valence-corrected chi connectivity index (χ2v) is 6.37. The predicted molar refractivity (Wildman–Crippen MR) is 97.2 cm³/mol. The van der Waals surface area contributed by atoms with Gasteiger partial charge in [0.2, 0.25) is 0 Å². The molecule has 0 unspecified atom stereocenters. The molecule has 7 heteroatoms. The van der Waals surface area contributed by atoms with E-state index < -0.39 is 0 Å². The first-order valence-corrected chi connectivity index (χ1v) is 8.16. The number of hydrazone groups is 1. The third-order valence-corrected chi connectivity index (χ3v) is 4.30. The number of amides is 1. The lowest BCUT2D eigenvalue weighted by molar-refractivity contribution is -0.116. The van der Waals surface area contributed by atoms with E-state index in [-0.39, 0.29) is 5.91 Å². The normalized spacial score (nSPS) is 15.8. The molecule has 25 heavy (non-hydrogen) atoms. The third-order valence-electron chi connectivity index (χ3n) is 4.30. The van der Waals surface area contributed by atoms with E-state index in [4.69, 9.17) is 0 Å². The van der Waals surface area contributed by atoms with E-state index in [1.807, 2.05) is 6.08 Å². The highest BCUT2D eigenvalue weighted by Crippen LogP contribution is 2.23. The minimum absolute atomic E-state index is 0.234. The summed E-state index contributed by atoms with van der Waals surface area (Å²) in [6.07, 6.45) is 7.58. The van der Waals surface area contributed by atoms with Gasteiger partial charge in [0.1, 0.15) is 11.4 Å². The Hall–Kier alpha value is -2.80. The van der Waals surface area contributed by atoms with Crippen LogP contribution >= 0.6 is 0 Å². The van der Waals surface area contributed by atoms with Gasteiger partial charge in [-0.15, -0.1) is 0 Å². The van der Waals surface area contributed by atoms with Crippen molar-refractivity contribution in [2.24, 2.45) is 5.10 Å². The number of nitrogens with one attached hydrogen (secondary N) is 2. The highest BCUT2D eigenvalue weighted by Gasteiger charge is 2.26. The summed E-state index contributed by atoms with van der Waals surface area (Å²) in [7, 11) is 4.12. The minimum Gasteiger partial charge on any atom is -0.359 e. The number of hydrogen-bond donors (Lipinski definition) is 2. The van der Waals surface area contributed by atoms with Crippen LogP contribution in [-0.4, -0.2) is 52.1 Å². The van der Waals surface area contributed by atoms with Crippen LogP contribution in [0.5, 0.6) is 0 Å². The van der Waals surface area contributed by atoms with Crippen molar-refractivity contribution in [2.45, 2.75) is 20.3 Å². The fraction of sp³-hybridized carbons (Fsp3) is 0.333. The van der Waals surface area contributed by atoms with E-state index in [0.29, 0.717) is 17.0 Å². The van der Waals surface area contributed by atoms with Gasteiger partial charge in [0.25, 0.3) is 5.91 Å². The summed E-state index contributed by atoms with van der Waals surface area (Å²) in [6, 6.07) is 0. The Balaban J connectivity index is 1.95. The van der Waals surface area contributed by atoms with Crippen LogP contribution in [0, 0.1) is 13.8 Å². The molecule has 0 atom stereocenters. The fourth-order valence-corrected chi connectivity index (χ4v) is 2.90. The molecule has 2 aromatic heterocycles. The standard InChI is InChI=1S/C18H22N6O/c1-11-13(5-8-24(3)4)12(2)21-15(11)9-14-17(22-23-18(14)25)16-10-19-6-7-20-16/h6-7,9-10,21H,5,8H2,1-4H3,(H,23,25)/b14-9+. The number of carbonyl (C=O) groups excluding carboxylic acids is 1. The average molecular weight is 338 g/mol. The fourth-order valence-electron chi connectivity index (χ4n) is 2.90. The highest BCUT2D eigenvalue weighted by atomic mass is 16.2. The van der Waals surface area contributed by atoms with Crippen molar-refractivity contribution in [3.05, 3.63) is 52.4 Å². The number of aromatic nitrogens is 3. The van der Waals surface area contributed by atoms with Crippen molar-refractivity contribution in [3.63, 3.8) is 0 Å². The molecular formula is C18H22N6O. The summed E-state index contributed by atoms with van der Waals surface area (Å²) in [5.74, 6) is -0.234. The molecule has 3 heterocycles. The Morgan fingerprint density at radius 2 is 2.04 bits per heavy atom. The Labute approximate surface area is 146 Å². The van der Waals surface area contributed by atoms with Gasteiger partial charge in [-0.1, -0.05) is 0 Å². The van der Waals surface area contributed by atoms with Crippen LogP contribution < -0.4 is 5.43 Å². The number of aromatic amines is 1. The summed E-state index contributed by atoms with van der Waals surface area (Å²) in [4.78, 5) is 26.1. The molecule has 130 valence electrons. The van der Waals surface area contributed by atoms with E-state index in [1.54, 1.807) is 18.6 Å². The van der Waals surface area contributed by atoms with E-state index in [2.05, 4.69) is 58.3 Å². The van der Waals surface area contributed by atoms with Crippen molar-refractivity contribution < 1.29 is 4.79 Å². The van der Waals surface area contributed by atoms with Gasteiger partial charge in [-0.3, -0.25) is 14.8 Å². The Morgan fingerprint density at radius 3 is 2.72 bits per heavy atom. The van der Waals surface area contributed by atoms with Gasteiger partial charge in [0, 0.05) is 30.3 Å². The van der Waals surface area contributed by atoms with E-state index in [9.17, 15) is 4.79 Å². The molecule has 0 spiro atoms. The monoisotopic (exact) mass is 338 g/mol. The van der Waals surface area contributed by atoms with Gasteiger partial charge in [0.05, 0.1) is 11.8 Å². The summed E-state index contributed by atoms with van der Waals surface area (Å²) in [6.45, 7) is 5.11. The molecule has 3 rings (SSSR count). The lowest BCUT2D eigenvalue weighted by Gasteiger charge is -2.09. The molecule has 0 aromatic carbocycles. The van der Waals surface area contributed by atoms with Crippen molar-refractivity contribution in [3.8, 4) is 0 Å². The maximum absolute atomic E-state index is 12.2. The van der Waals surface area contributed by atoms with E-state index in [0.717, 1.165) is 29.9 Å². The van der Waals surface area contributed by atoms with Crippen LogP contribution in [0.3, 0.4) is 0 Å². The predicted octanol–water partition coefficient (Wildman–Crippen LogP) is 1.44. The quantitative estimate of drug-likeness (QED) is 0.808. The zero-order valence-electron chi connectivity index (χ0n) is 14.9. The number of carbonyl (C=O) groups is 1. The SMILES string of the molecule is Cc1[nH]c(/C=C2/C(=O)NN=C2c2cnccn2)c(C)c1CCN(C)C. The zero-order chi connectivity index (χ0) is 18.0. The maximum atomic E-state index is 12.2. The second kappa shape index (κ2) is 6.98. The molecule has 7 nitrogen and oxygen atoms in total. The first-order valence-electron chi connectivity index (χ1n) is 8.16. The first-order chi connectivity index (χ1) is 12.0.